The summed E-state index contributed by atoms with van der Waals surface area (Å²) in [6, 6.07) is 8.86. The van der Waals surface area contributed by atoms with Gasteiger partial charge < -0.3 is 10.1 Å². The van der Waals surface area contributed by atoms with E-state index in [4.69, 9.17) is 4.74 Å². The molecule has 2 nitrogen and oxygen atoms in total. The van der Waals surface area contributed by atoms with E-state index in [1.165, 1.54) is 10.9 Å². The van der Waals surface area contributed by atoms with E-state index in [1.807, 2.05) is 0 Å². The Balaban J connectivity index is 1.89. The number of ether oxygens (including phenoxy) is 1. The van der Waals surface area contributed by atoms with Gasteiger partial charge in [0.1, 0.15) is 18.2 Å². The van der Waals surface area contributed by atoms with Gasteiger partial charge in [0.05, 0.1) is 4.47 Å². The Morgan fingerprint density at radius 3 is 2.57 bits per heavy atom. The largest absolute Gasteiger partial charge is 0.488 e. The maximum absolute atomic E-state index is 13.1. The molecule has 1 aromatic heterocycles. The summed E-state index contributed by atoms with van der Waals surface area (Å²) in [5, 5.41) is 3.46. The highest BCUT2D eigenvalue weighted by Crippen LogP contribution is 2.24. The van der Waals surface area contributed by atoms with E-state index in [2.05, 4.69) is 54.2 Å². The molecule has 1 aromatic carbocycles. The molecule has 0 saturated heterocycles. The van der Waals surface area contributed by atoms with E-state index in [0.29, 0.717) is 16.8 Å². The first kappa shape index (κ1) is 16.5. The van der Waals surface area contributed by atoms with Crippen molar-refractivity contribution >= 4 is 27.3 Å². The third-order valence-corrected chi connectivity index (χ3v) is 4.45. The molecule has 2 rings (SSSR count). The zero-order valence-corrected chi connectivity index (χ0v) is 14.8. The SMILES string of the molecule is CC(C)(C)NCc1ccc(COc2ccc(F)c(Br)c2)s1. The van der Waals surface area contributed by atoms with Crippen molar-refractivity contribution in [1.29, 1.82) is 0 Å². The van der Waals surface area contributed by atoms with E-state index in [1.54, 1.807) is 23.5 Å². The van der Waals surface area contributed by atoms with Crippen LogP contribution in [-0.4, -0.2) is 5.54 Å². The second-order valence-electron chi connectivity index (χ2n) is 5.84. The first-order chi connectivity index (χ1) is 9.83. The summed E-state index contributed by atoms with van der Waals surface area (Å²) in [7, 11) is 0. The predicted octanol–water partition coefficient (Wildman–Crippen LogP) is 5.12. The number of thiophene rings is 1. The van der Waals surface area contributed by atoms with Crippen molar-refractivity contribution in [3.8, 4) is 5.75 Å². The number of halogens is 2. The highest BCUT2D eigenvalue weighted by Gasteiger charge is 2.09. The van der Waals surface area contributed by atoms with Crippen LogP contribution in [0.4, 0.5) is 4.39 Å². The topological polar surface area (TPSA) is 21.3 Å². The number of hydrogen-bond donors (Lipinski definition) is 1. The summed E-state index contributed by atoms with van der Waals surface area (Å²) in [5.74, 6) is 0.375. The molecule has 1 heterocycles. The summed E-state index contributed by atoms with van der Waals surface area (Å²) in [6.07, 6.45) is 0. The van der Waals surface area contributed by atoms with Crippen LogP contribution in [0, 0.1) is 5.82 Å². The second-order valence-corrected chi connectivity index (χ2v) is 7.94. The van der Waals surface area contributed by atoms with Gasteiger partial charge in [0, 0.05) is 21.8 Å². The monoisotopic (exact) mass is 371 g/mol. The second kappa shape index (κ2) is 6.90. The molecule has 0 amide bonds. The molecule has 0 atom stereocenters. The molecule has 21 heavy (non-hydrogen) atoms. The summed E-state index contributed by atoms with van der Waals surface area (Å²) in [5.41, 5.74) is 0.112. The summed E-state index contributed by atoms with van der Waals surface area (Å²) >= 11 is 4.88. The summed E-state index contributed by atoms with van der Waals surface area (Å²) < 4.78 is 19.2. The van der Waals surface area contributed by atoms with Gasteiger partial charge in [-0.1, -0.05) is 0 Å². The Labute approximate surface area is 137 Å². The van der Waals surface area contributed by atoms with Crippen molar-refractivity contribution in [2.24, 2.45) is 0 Å². The molecular formula is C16H19BrFNOS. The van der Waals surface area contributed by atoms with E-state index in [-0.39, 0.29) is 11.4 Å². The van der Waals surface area contributed by atoms with Gasteiger partial charge in [-0.25, -0.2) is 4.39 Å². The Morgan fingerprint density at radius 1 is 1.19 bits per heavy atom. The zero-order valence-electron chi connectivity index (χ0n) is 12.4. The van der Waals surface area contributed by atoms with Crippen molar-refractivity contribution in [2.45, 2.75) is 39.5 Å². The maximum Gasteiger partial charge on any atom is 0.137 e. The van der Waals surface area contributed by atoms with Crippen LogP contribution in [0.25, 0.3) is 0 Å². The van der Waals surface area contributed by atoms with E-state index in [9.17, 15) is 4.39 Å². The Kier molecular flexibility index (Phi) is 5.41. The molecule has 0 fully saturated rings. The zero-order chi connectivity index (χ0) is 15.5. The minimum absolute atomic E-state index is 0.112. The van der Waals surface area contributed by atoms with Gasteiger partial charge in [0.2, 0.25) is 0 Å². The fraction of sp³-hybridized carbons (Fsp3) is 0.375. The van der Waals surface area contributed by atoms with Crippen LogP contribution in [-0.2, 0) is 13.2 Å². The lowest BCUT2D eigenvalue weighted by Crippen LogP contribution is -2.34. The third kappa shape index (κ3) is 5.41. The predicted molar refractivity (Wildman–Crippen MR) is 89.3 cm³/mol. The molecule has 0 aliphatic heterocycles. The summed E-state index contributed by atoms with van der Waals surface area (Å²) in [4.78, 5) is 2.44. The van der Waals surface area contributed by atoms with Gasteiger partial charge in [0.25, 0.3) is 0 Å². The van der Waals surface area contributed by atoms with Crippen LogP contribution < -0.4 is 10.1 Å². The van der Waals surface area contributed by atoms with Crippen LogP contribution in [0.3, 0.4) is 0 Å². The molecule has 5 heteroatoms. The van der Waals surface area contributed by atoms with Crippen molar-refractivity contribution < 1.29 is 9.13 Å². The lowest BCUT2D eigenvalue weighted by molar-refractivity contribution is 0.309. The van der Waals surface area contributed by atoms with Gasteiger partial charge in [-0.2, -0.15) is 0 Å². The van der Waals surface area contributed by atoms with Gasteiger partial charge in [0.15, 0.2) is 0 Å². The maximum atomic E-state index is 13.1. The smallest absolute Gasteiger partial charge is 0.137 e. The van der Waals surface area contributed by atoms with Gasteiger partial charge in [-0.3, -0.25) is 0 Å². The summed E-state index contributed by atoms with van der Waals surface area (Å²) in [6.45, 7) is 7.81. The molecule has 114 valence electrons. The molecule has 1 N–H and O–H groups in total. The molecule has 0 spiro atoms. The fourth-order valence-electron chi connectivity index (χ4n) is 1.67. The first-order valence-corrected chi connectivity index (χ1v) is 8.35. The van der Waals surface area contributed by atoms with Gasteiger partial charge in [-0.05, 0) is 67.0 Å². The Morgan fingerprint density at radius 2 is 1.90 bits per heavy atom. The van der Waals surface area contributed by atoms with Crippen LogP contribution in [0.5, 0.6) is 5.75 Å². The average molecular weight is 372 g/mol. The average Bonchev–Trinajstić information content (AvgIpc) is 2.85. The number of benzene rings is 1. The van der Waals surface area contributed by atoms with Crippen LogP contribution in [0.15, 0.2) is 34.8 Å². The lowest BCUT2D eigenvalue weighted by Gasteiger charge is -2.19. The van der Waals surface area contributed by atoms with Crippen molar-refractivity contribution in [3.63, 3.8) is 0 Å². The molecular weight excluding hydrogens is 353 g/mol. The third-order valence-electron chi connectivity index (χ3n) is 2.78. The minimum atomic E-state index is -0.283. The quantitative estimate of drug-likeness (QED) is 0.787. The van der Waals surface area contributed by atoms with Crippen LogP contribution in [0.2, 0.25) is 0 Å². The molecule has 0 aliphatic carbocycles. The molecule has 2 aromatic rings. The normalized spacial score (nSPS) is 11.7. The van der Waals surface area contributed by atoms with Crippen molar-refractivity contribution in [1.82, 2.24) is 5.32 Å². The highest BCUT2D eigenvalue weighted by molar-refractivity contribution is 9.10. The fourth-order valence-corrected chi connectivity index (χ4v) is 2.90. The molecule has 0 saturated carbocycles. The standard InChI is InChI=1S/C16H19BrFNOS/c1-16(2,3)19-9-12-5-6-13(21-12)10-20-11-4-7-15(18)14(17)8-11/h4-8,19H,9-10H2,1-3H3. The molecule has 0 radical (unpaired) electrons. The van der Waals surface area contributed by atoms with Gasteiger partial charge in [-0.15, -0.1) is 11.3 Å². The van der Waals surface area contributed by atoms with Crippen LogP contribution >= 0.6 is 27.3 Å². The Bertz CT molecular complexity index is 607. The van der Waals surface area contributed by atoms with E-state index >= 15 is 0 Å². The van der Waals surface area contributed by atoms with Crippen LogP contribution in [0.1, 0.15) is 30.5 Å². The van der Waals surface area contributed by atoms with Crippen molar-refractivity contribution in [3.05, 3.63) is 50.4 Å². The number of nitrogens with one attached hydrogen (secondary N) is 1. The molecule has 0 unspecified atom stereocenters. The number of rotatable bonds is 5. The molecule has 0 bridgehead atoms. The minimum Gasteiger partial charge on any atom is -0.488 e. The Hall–Kier alpha value is -0.910. The van der Waals surface area contributed by atoms with Gasteiger partial charge >= 0.3 is 0 Å². The molecule has 0 aliphatic rings. The number of hydrogen-bond acceptors (Lipinski definition) is 3. The first-order valence-electron chi connectivity index (χ1n) is 6.74. The van der Waals surface area contributed by atoms with E-state index < -0.39 is 0 Å². The lowest BCUT2D eigenvalue weighted by atomic mass is 10.1. The van der Waals surface area contributed by atoms with E-state index in [0.717, 1.165) is 11.4 Å². The highest BCUT2D eigenvalue weighted by atomic mass is 79.9. The van der Waals surface area contributed by atoms with Crippen molar-refractivity contribution in [2.75, 3.05) is 0 Å².